The molecule has 4 rings (SSSR count). The molecule has 1 fully saturated rings. The van der Waals surface area contributed by atoms with Crippen LogP contribution in [0.15, 0.2) is 36.4 Å². The molecule has 1 heterocycles. The summed E-state index contributed by atoms with van der Waals surface area (Å²) in [6.45, 7) is 3.15. The third-order valence-corrected chi connectivity index (χ3v) is 5.16. The van der Waals surface area contributed by atoms with E-state index in [2.05, 4.69) is 23.1 Å². The van der Waals surface area contributed by atoms with Crippen molar-refractivity contribution in [1.29, 1.82) is 0 Å². The highest BCUT2D eigenvalue weighted by Gasteiger charge is 2.24. The van der Waals surface area contributed by atoms with Crippen molar-refractivity contribution in [2.75, 3.05) is 20.2 Å². The summed E-state index contributed by atoms with van der Waals surface area (Å²) in [4.78, 5) is 2.47. The van der Waals surface area contributed by atoms with Gasteiger partial charge < -0.3 is 9.84 Å². The van der Waals surface area contributed by atoms with Crippen LogP contribution in [0.3, 0.4) is 0 Å². The summed E-state index contributed by atoms with van der Waals surface area (Å²) < 4.78 is 5.63. The summed E-state index contributed by atoms with van der Waals surface area (Å²) in [6.07, 6.45) is 6.17. The molecule has 1 aliphatic heterocycles. The molecule has 3 nitrogen and oxygen atoms in total. The maximum atomic E-state index is 10.9. The molecule has 24 heavy (non-hydrogen) atoms. The Morgan fingerprint density at radius 3 is 2.62 bits per heavy atom. The van der Waals surface area contributed by atoms with E-state index in [-0.39, 0.29) is 0 Å². The summed E-state index contributed by atoms with van der Waals surface area (Å²) in [7, 11) is 1.72. The molecule has 0 aromatic heterocycles. The van der Waals surface area contributed by atoms with Crippen molar-refractivity contribution < 1.29 is 9.84 Å². The first kappa shape index (κ1) is 15.4. The van der Waals surface area contributed by atoms with Gasteiger partial charge in [-0.15, -0.1) is 0 Å². The fraction of sp³-hybridized carbons (Fsp3) is 0.333. The van der Waals surface area contributed by atoms with E-state index < -0.39 is 6.10 Å². The Morgan fingerprint density at radius 2 is 1.83 bits per heavy atom. The van der Waals surface area contributed by atoms with Crippen molar-refractivity contribution in [2.45, 2.75) is 25.5 Å². The van der Waals surface area contributed by atoms with Crippen molar-refractivity contribution in [1.82, 2.24) is 4.90 Å². The number of hydrogen-bond acceptors (Lipinski definition) is 3. The third-order valence-electron chi connectivity index (χ3n) is 5.16. The number of hydrogen-bond donors (Lipinski definition) is 1. The lowest BCUT2D eigenvalue weighted by Crippen LogP contribution is -2.20. The lowest BCUT2D eigenvalue weighted by atomic mass is 9.93. The molecule has 1 N–H and O–H groups in total. The Bertz CT molecular complexity index is 775. The Morgan fingerprint density at radius 1 is 1.04 bits per heavy atom. The van der Waals surface area contributed by atoms with Gasteiger partial charge >= 0.3 is 0 Å². The van der Waals surface area contributed by atoms with Gasteiger partial charge in [0.25, 0.3) is 0 Å². The van der Waals surface area contributed by atoms with Gasteiger partial charge in [-0.1, -0.05) is 42.5 Å². The van der Waals surface area contributed by atoms with Crippen LogP contribution >= 0.6 is 0 Å². The smallest absolute Gasteiger partial charge is 0.123 e. The number of nitrogens with zero attached hydrogens (tertiary/aromatic N) is 1. The summed E-state index contributed by atoms with van der Waals surface area (Å²) in [6, 6.07) is 12.0. The van der Waals surface area contributed by atoms with Gasteiger partial charge in [-0.2, -0.15) is 0 Å². The van der Waals surface area contributed by atoms with Gasteiger partial charge in [0.05, 0.1) is 7.11 Å². The molecule has 1 saturated heterocycles. The van der Waals surface area contributed by atoms with Crippen LogP contribution in [0, 0.1) is 0 Å². The lowest BCUT2D eigenvalue weighted by Gasteiger charge is -2.22. The quantitative estimate of drug-likeness (QED) is 0.932. The maximum Gasteiger partial charge on any atom is 0.123 e. The summed E-state index contributed by atoms with van der Waals surface area (Å²) in [5, 5.41) is 10.9. The molecule has 0 saturated carbocycles. The molecule has 3 heteroatoms. The largest absolute Gasteiger partial charge is 0.496 e. The van der Waals surface area contributed by atoms with E-state index in [0.717, 1.165) is 47.6 Å². The van der Waals surface area contributed by atoms with Gasteiger partial charge in [0.1, 0.15) is 11.9 Å². The maximum absolute atomic E-state index is 10.9. The minimum Gasteiger partial charge on any atom is -0.496 e. The molecular formula is C21H23NO2. The minimum absolute atomic E-state index is 0.602. The van der Waals surface area contributed by atoms with E-state index in [1.54, 1.807) is 7.11 Å². The number of fused-ring (bicyclic) bond motifs is 2. The summed E-state index contributed by atoms with van der Waals surface area (Å²) in [5.74, 6) is 0.906. The standard InChI is InChI=1S/C21H23NO2/c1-24-20-11-10-18-17(19(20)14-22-12-4-5-13-22)9-8-15-6-2-3-7-16(15)21(18)23/h2-3,6-11,21,23H,4-5,12-14H2,1H3. The summed E-state index contributed by atoms with van der Waals surface area (Å²) >= 11 is 0. The van der Waals surface area contributed by atoms with Gasteiger partial charge in [-0.05, 0) is 54.3 Å². The Kier molecular flexibility index (Phi) is 4.13. The second-order valence-corrected chi connectivity index (χ2v) is 6.60. The number of likely N-dealkylation sites (tertiary alicyclic amines) is 1. The monoisotopic (exact) mass is 321 g/mol. The Balaban J connectivity index is 1.83. The predicted molar refractivity (Wildman–Crippen MR) is 96.9 cm³/mol. The van der Waals surface area contributed by atoms with Gasteiger partial charge in [-0.25, -0.2) is 0 Å². The van der Waals surface area contributed by atoms with Crippen molar-refractivity contribution >= 4 is 12.2 Å². The van der Waals surface area contributed by atoms with Crippen LogP contribution in [0.4, 0.5) is 0 Å². The predicted octanol–water partition coefficient (Wildman–Crippen LogP) is 3.86. The molecule has 1 aliphatic carbocycles. The van der Waals surface area contributed by atoms with Crippen LogP contribution in [0.2, 0.25) is 0 Å². The number of methoxy groups -OCH3 is 1. The van der Waals surface area contributed by atoms with Gasteiger partial charge in [0.2, 0.25) is 0 Å². The summed E-state index contributed by atoms with van der Waals surface area (Å²) in [5.41, 5.74) is 5.29. The van der Waals surface area contributed by atoms with E-state index in [9.17, 15) is 5.11 Å². The first-order valence-corrected chi connectivity index (χ1v) is 8.65. The van der Waals surface area contributed by atoms with Crippen LogP contribution < -0.4 is 4.74 Å². The fourth-order valence-corrected chi connectivity index (χ4v) is 3.87. The normalized spacial score (nSPS) is 19.7. The van der Waals surface area contributed by atoms with E-state index in [4.69, 9.17) is 4.74 Å². The molecule has 2 aromatic carbocycles. The zero-order valence-electron chi connectivity index (χ0n) is 14.0. The lowest BCUT2D eigenvalue weighted by molar-refractivity contribution is 0.219. The molecule has 2 aromatic rings. The highest BCUT2D eigenvalue weighted by molar-refractivity contribution is 5.78. The second-order valence-electron chi connectivity index (χ2n) is 6.60. The molecule has 0 radical (unpaired) electrons. The first-order valence-electron chi connectivity index (χ1n) is 8.65. The van der Waals surface area contributed by atoms with Crippen molar-refractivity contribution in [3.8, 4) is 5.75 Å². The zero-order chi connectivity index (χ0) is 16.5. The molecule has 0 bridgehead atoms. The van der Waals surface area contributed by atoms with E-state index >= 15 is 0 Å². The van der Waals surface area contributed by atoms with Crippen LogP contribution in [-0.4, -0.2) is 30.2 Å². The third kappa shape index (κ3) is 2.64. The van der Waals surface area contributed by atoms with Gasteiger partial charge in [0.15, 0.2) is 0 Å². The van der Waals surface area contributed by atoms with Crippen molar-refractivity contribution in [3.63, 3.8) is 0 Å². The van der Waals surface area contributed by atoms with Crippen LogP contribution in [-0.2, 0) is 6.54 Å². The van der Waals surface area contributed by atoms with E-state index in [1.807, 2.05) is 30.3 Å². The Hall–Kier alpha value is -2.10. The van der Waals surface area contributed by atoms with Crippen LogP contribution in [0.1, 0.15) is 46.8 Å². The van der Waals surface area contributed by atoms with Crippen LogP contribution in [0.25, 0.3) is 12.2 Å². The topological polar surface area (TPSA) is 32.7 Å². The number of aliphatic hydroxyl groups excluding tert-OH is 1. The van der Waals surface area contributed by atoms with Crippen molar-refractivity contribution in [3.05, 3.63) is 64.2 Å². The minimum atomic E-state index is -0.602. The molecule has 1 unspecified atom stereocenters. The SMILES string of the molecule is COc1ccc2c(c1CN1CCCC1)C=Cc1ccccc1C2O. The van der Waals surface area contributed by atoms with Crippen LogP contribution in [0.5, 0.6) is 5.75 Å². The van der Waals surface area contributed by atoms with Crippen molar-refractivity contribution in [2.24, 2.45) is 0 Å². The fourth-order valence-electron chi connectivity index (χ4n) is 3.87. The van der Waals surface area contributed by atoms with Gasteiger partial charge in [-0.3, -0.25) is 4.90 Å². The van der Waals surface area contributed by atoms with E-state index in [1.165, 1.54) is 18.4 Å². The second kappa shape index (κ2) is 6.42. The highest BCUT2D eigenvalue weighted by Crippen LogP contribution is 2.38. The first-order chi connectivity index (χ1) is 11.8. The van der Waals surface area contributed by atoms with E-state index in [0.29, 0.717) is 0 Å². The highest BCUT2D eigenvalue weighted by atomic mass is 16.5. The molecule has 1 atom stereocenters. The molecule has 0 amide bonds. The Labute approximate surface area is 143 Å². The number of aliphatic hydroxyl groups is 1. The molecule has 0 spiro atoms. The molecule has 124 valence electrons. The molecular weight excluding hydrogens is 298 g/mol. The number of rotatable bonds is 3. The van der Waals surface area contributed by atoms with Gasteiger partial charge in [0, 0.05) is 12.1 Å². The average molecular weight is 321 g/mol. The molecule has 2 aliphatic rings. The average Bonchev–Trinajstić information content (AvgIpc) is 3.08. The number of ether oxygens (including phenoxy) is 1. The number of benzene rings is 2. The zero-order valence-corrected chi connectivity index (χ0v) is 14.0.